The monoisotopic (exact) mass is 348 g/mol. The summed E-state index contributed by atoms with van der Waals surface area (Å²) < 4.78 is 10.4. The Morgan fingerprint density at radius 1 is 0.960 bits per heavy atom. The summed E-state index contributed by atoms with van der Waals surface area (Å²) in [5.41, 5.74) is -0.991. The van der Waals surface area contributed by atoms with Crippen LogP contribution in [0, 0.1) is 22.7 Å². The standard InChI is InChI=1S/C17H20N2O6/c1-16-3-4-17(2,9-16)13(15(23)25-8-6-19-11-21)12(16)14(22)24-7-5-18-10-20/h3-4,12-13H,5-9H2,1-2H3. The molecule has 0 heterocycles. The highest BCUT2D eigenvalue weighted by Crippen LogP contribution is 2.63. The molecule has 0 spiro atoms. The summed E-state index contributed by atoms with van der Waals surface area (Å²) in [5.74, 6) is -2.37. The van der Waals surface area contributed by atoms with Gasteiger partial charge in [-0.15, -0.1) is 0 Å². The number of isocyanates is 2. The smallest absolute Gasteiger partial charge is 0.310 e. The number of esters is 2. The molecule has 0 saturated heterocycles. The van der Waals surface area contributed by atoms with Crippen LogP contribution in [0.2, 0.25) is 0 Å². The van der Waals surface area contributed by atoms with Crippen molar-refractivity contribution in [2.24, 2.45) is 32.7 Å². The van der Waals surface area contributed by atoms with E-state index in [1.54, 1.807) is 0 Å². The first-order valence-electron chi connectivity index (χ1n) is 7.99. The first kappa shape index (κ1) is 18.8. The van der Waals surface area contributed by atoms with E-state index in [1.165, 1.54) is 12.2 Å². The number of allylic oxidation sites excluding steroid dienone is 2. The zero-order chi connectivity index (χ0) is 18.5. The number of hydrogen-bond donors (Lipinski definition) is 0. The fourth-order valence-corrected chi connectivity index (χ4v) is 3.97. The molecule has 4 atom stereocenters. The molecule has 2 aliphatic rings. The Morgan fingerprint density at radius 3 is 1.72 bits per heavy atom. The summed E-state index contributed by atoms with van der Waals surface area (Å²) in [7, 11) is 0. The Morgan fingerprint density at radius 2 is 1.36 bits per heavy atom. The first-order valence-corrected chi connectivity index (χ1v) is 7.99. The minimum Gasteiger partial charge on any atom is -0.463 e. The highest BCUT2D eigenvalue weighted by molar-refractivity contribution is 5.86. The van der Waals surface area contributed by atoms with Crippen molar-refractivity contribution in [3.8, 4) is 0 Å². The highest BCUT2D eigenvalue weighted by atomic mass is 16.5. The second-order valence-electron chi connectivity index (χ2n) is 6.76. The van der Waals surface area contributed by atoms with Gasteiger partial charge in [-0.2, -0.15) is 0 Å². The van der Waals surface area contributed by atoms with Gasteiger partial charge in [0.1, 0.15) is 13.2 Å². The molecule has 0 aliphatic heterocycles. The molecule has 0 aromatic rings. The number of carbonyl (C=O) groups is 2. The molecule has 1 saturated carbocycles. The predicted molar refractivity (Wildman–Crippen MR) is 84.8 cm³/mol. The molecule has 1 fully saturated rings. The molecule has 0 radical (unpaired) electrons. The van der Waals surface area contributed by atoms with Crippen LogP contribution in [-0.4, -0.2) is 50.4 Å². The maximum Gasteiger partial charge on any atom is 0.310 e. The molecule has 0 aromatic heterocycles. The first-order chi connectivity index (χ1) is 11.9. The van der Waals surface area contributed by atoms with Crippen LogP contribution in [0.3, 0.4) is 0 Å². The fraction of sp³-hybridized carbons (Fsp3) is 0.647. The van der Waals surface area contributed by atoms with E-state index in [-0.39, 0.29) is 26.3 Å². The van der Waals surface area contributed by atoms with Crippen LogP contribution < -0.4 is 0 Å². The van der Waals surface area contributed by atoms with E-state index in [0.29, 0.717) is 6.42 Å². The molecule has 2 rings (SSSR count). The van der Waals surface area contributed by atoms with Gasteiger partial charge in [-0.3, -0.25) is 9.59 Å². The van der Waals surface area contributed by atoms with Gasteiger partial charge in [0.15, 0.2) is 0 Å². The fourth-order valence-electron chi connectivity index (χ4n) is 3.97. The molecular formula is C17H20N2O6. The van der Waals surface area contributed by atoms with E-state index in [2.05, 4.69) is 9.98 Å². The summed E-state index contributed by atoms with van der Waals surface area (Å²) >= 11 is 0. The molecule has 0 amide bonds. The molecule has 134 valence electrons. The lowest BCUT2D eigenvalue weighted by molar-refractivity contribution is -0.164. The van der Waals surface area contributed by atoms with Gasteiger partial charge >= 0.3 is 11.9 Å². The largest absolute Gasteiger partial charge is 0.463 e. The predicted octanol–water partition coefficient (Wildman–Crippen LogP) is 0.963. The number of rotatable bonds is 8. The van der Waals surface area contributed by atoms with Crippen molar-refractivity contribution in [2.45, 2.75) is 20.3 Å². The molecule has 2 aliphatic carbocycles. The Bertz CT molecular complexity index is 621. The van der Waals surface area contributed by atoms with Gasteiger partial charge in [-0.25, -0.2) is 19.6 Å². The number of hydrogen-bond acceptors (Lipinski definition) is 8. The summed E-state index contributed by atoms with van der Waals surface area (Å²) in [6, 6.07) is 0. The van der Waals surface area contributed by atoms with Crippen LogP contribution in [0.5, 0.6) is 0 Å². The Kier molecular flexibility index (Phi) is 5.67. The van der Waals surface area contributed by atoms with Gasteiger partial charge < -0.3 is 9.47 Å². The van der Waals surface area contributed by atoms with Crippen molar-refractivity contribution in [3.05, 3.63) is 12.2 Å². The number of fused-ring (bicyclic) bond motifs is 2. The Labute approximate surface area is 145 Å². The van der Waals surface area contributed by atoms with E-state index in [1.807, 2.05) is 26.0 Å². The second kappa shape index (κ2) is 7.55. The van der Waals surface area contributed by atoms with Crippen molar-refractivity contribution >= 4 is 24.1 Å². The highest BCUT2D eigenvalue weighted by Gasteiger charge is 2.64. The molecule has 0 aromatic carbocycles. The normalized spacial score (nSPS) is 31.8. The molecule has 8 heteroatoms. The SMILES string of the molecule is CC12C=CC(C)(C1)C(C(=O)OCCN=C=O)C2C(=O)OCCN=C=O. The molecule has 25 heavy (non-hydrogen) atoms. The number of ether oxygens (including phenoxy) is 2. The van der Waals surface area contributed by atoms with Crippen molar-refractivity contribution in [1.29, 1.82) is 0 Å². The lowest BCUT2D eigenvalue weighted by Crippen LogP contribution is -2.41. The van der Waals surface area contributed by atoms with E-state index in [9.17, 15) is 19.2 Å². The van der Waals surface area contributed by atoms with Gasteiger partial charge in [0.25, 0.3) is 0 Å². The topological polar surface area (TPSA) is 111 Å². The second-order valence-corrected chi connectivity index (χ2v) is 6.76. The zero-order valence-corrected chi connectivity index (χ0v) is 14.2. The van der Waals surface area contributed by atoms with Gasteiger partial charge in [0.05, 0.1) is 24.9 Å². The van der Waals surface area contributed by atoms with Crippen molar-refractivity contribution in [3.63, 3.8) is 0 Å². The minimum atomic E-state index is -0.676. The van der Waals surface area contributed by atoms with Crippen molar-refractivity contribution in [1.82, 2.24) is 0 Å². The third-order valence-corrected chi connectivity index (χ3v) is 4.89. The lowest BCUT2D eigenvalue weighted by Gasteiger charge is -2.33. The number of nitrogens with zero attached hydrogens (tertiary/aromatic N) is 2. The minimum absolute atomic E-state index is 0.0323. The summed E-state index contributed by atoms with van der Waals surface area (Å²) in [5, 5.41) is 0. The van der Waals surface area contributed by atoms with E-state index < -0.39 is 34.6 Å². The maximum absolute atomic E-state index is 12.6. The quantitative estimate of drug-likeness (QED) is 0.212. The van der Waals surface area contributed by atoms with E-state index in [0.717, 1.165) is 0 Å². The molecule has 0 N–H and O–H groups in total. The third-order valence-electron chi connectivity index (χ3n) is 4.89. The number of carbonyl (C=O) groups excluding carboxylic acids is 4. The van der Waals surface area contributed by atoms with Crippen LogP contribution >= 0.6 is 0 Å². The Balaban J connectivity index is 2.12. The molecule has 8 nitrogen and oxygen atoms in total. The van der Waals surface area contributed by atoms with Crippen LogP contribution in [0.4, 0.5) is 0 Å². The summed E-state index contributed by atoms with van der Waals surface area (Å²) in [4.78, 5) is 51.9. The van der Waals surface area contributed by atoms with Crippen LogP contribution in [0.15, 0.2) is 22.1 Å². The van der Waals surface area contributed by atoms with Crippen LogP contribution in [0.25, 0.3) is 0 Å². The van der Waals surface area contributed by atoms with Gasteiger partial charge in [0.2, 0.25) is 12.2 Å². The molecule has 2 bridgehead atoms. The summed E-state index contributed by atoms with van der Waals surface area (Å²) in [6.45, 7) is 3.80. The molecular weight excluding hydrogens is 328 g/mol. The number of aliphatic imine (C=N–C) groups is 2. The third kappa shape index (κ3) is 3.76. The van der Waals surface area contributed by atoms with Crippen LogP contribution in [0.1, 0.15) is 20.3 Å². The van der Waals surface area contributed by atoms with Gasteiger partial charge in [0, 0.05) is 10.8 Å². The van der Waals surface area contributed by atoms with Gasteiger partial charge in [-0.05, 0) is 6.42 Å². The van der Waals surface area contributed by atoms with E-state index in [4.69, 9.17) is 9.47 Å². The van der Waals surface area contributed by atoms with Crippen molar-refractivity contribution in [2.75, 3.05) is 26.3 Å². The zero-order valence-electron chi connectivity index (χ0n) is 14.2. The lowest BCUT2D eigenvalue weighted by atomic mass is 9.71. The average molecular weight is 348 g/mol. The van der Waals surface area contributed by atoms with E-state index >= 15 is 0 Å². The molecule has 4 unspecified atom stereocenters. The Hall–Kier alpha value is -2.56. The van der Waals surface area contributed by atoms with Crippen LogP contribution in [-0.2, 0) is 28.7 Å². The van der Waals surface area contributed by atoms with Crippen molar-refractivity contribution < 1.29 is 28.7 Å². The maximum atomic E-state index is 12.6. The summed E-state index contributed by atoms with van der Waals surface area (Å²) in [6.07, 6.45) is 7.28. The van der Waals surface area contributed by atoms with Gasteiger partial charge in [-0.1, -0.05) is 26.0 Å². The average Bonchev–Trinajstić information content (AvgIpc) is 3.01.